The third-order valence-electron chi connectivity index (χ3n) is 2.46. The van der Waals surface area contributed by atoms with Crippen LogP contribution in [0.15, 0.2) is 24.3 Å². The fourth-order valence-corrected chi connectivity index (χ4v) is 1.37. The van der Waals surface area contributed by atoms with Crippen LogP contribution in [-0.2, 0) is 0 Å². The molecule has 1 aromatic rings. The van der Waals surface area contributed by atoms with E-state index < -0.39 is 6.10 Å². The second-order valence-electron chi connectivity index (χ2n) is 3.98. The molecule has 0 aliphatic rings. The summed E-state index contributed by atoms with van der Waals surface area (Å²) in [4.78, 5) is 0. The Labute approximate surface area is 96.7 Å². The molecule has 0 aliphatic carbocycles. The topological polar surface area (TPSA) is 49.7 Å². The molecule has 0 saturated heterocycles. The van der Waals surface area contributed by atoms with E-state index in [-0.39, 0.29) is 6.10 Å². The smallest absolute Gasteiger partial charge is 0.119 e. The van der Waals surface area contributed by atoms with Crippen molar-refractivity contribution in [1.82, 2.24) is 0 Å². The van der Waals surface area contributed by atoms with Gasteiger partial charge in [-0.05, 0) is 31.0 Å². The zero-order valence-corrected chi connectivity index (χ0v) is 9.89. The molecular weight excluding hydrogens is 204 g/mol. The number of aliphatic hydroxyl groups excluding tert-OH is 2. The van der Waals surface area contributed by atoms with E-state index in [4.69, 9.17) is 9.84 Å². The highest BCUT2D eigenvalue weighted by Gasteiger charge is 2.04. The van der Waals surface area contributed by atoms with Crippen molar-refractivity contribution >= 4 is 0 Å². The zero-order chi connectivity index (χ0) is 12.0. The van der Waals surface area contributed by atoms with E-state index >= 15 is 0 Å². The molecule has 0 bridgehead atoms. The summed E-state index contributed by atoms with van der Waals surface area (Å²) in [6, 6.07) is 7.42. The van der Waals surface area contributed by atoms with Crippen LogP contribution in [0.5, 0.6) is 5.75 Å². The average Bonchev–Trinajstić information content (AvgIpc) is 2.28. The van der Waals surface area contributed by atoms with Crippen molar-refractivity contribution < 1.29 is 14.9 Å². The normalized spacial score (nSPS) is 14.5. The third-order valence-corrected chi connectivity index (χ3v) is 2.46. The summed E-state index contributed by atoms with van der Waals surface area (Å²) in [5.74, 6) is 0.771. The Bertz CT molecular complexity index is 293. The van der Waals surface area contributed by atoms with Crippen molar-refractivity contribution in [2.24, 2.45) is 0 Å². The fraction of sp³-hybridized carbons (Fsp3) is 0.538. The van der Waals surface area contributed by atoms with Gasteiger partial charge in [-0.3, -0.25) is 0 Å². The van der Waals surface area contributed by atoms with Crippen LogP contribution in [0, 0.1) is 0 Å². The van der Waals surface area contributed by atoms with Crippen molar-refractivity contribution in [2.75, 3.05) is 6.61 Å². The first-order chi connectivity index (χ1) is 7.63. The van der Waals surface area contributed by atoms with Crippen LogP contribution in [0.4, 0.5) is 0 Å². The number of benzene rings is 1. The van der Waals surface area contributed by atoms with E-state index in [1.807, 2.05) is 31.2 Å². The first-order valence-corrected chi connectivity index (χ1v) is 5.72. The molecule has 2 atom stereocenters. The maximum atomic E-state index is 9.60. The van der Waals surface area contributed by atoms with Crippen molar-refractivity contribution in [3.05, 3.63) is 29.8 Å². The second kappa shape index (κ2) is 6.51. The molecule has 1 aromatic carbocycles. The quantitative estimate of drug-likeness (QED) is 0.779. The molecule has 1 unspecified atom stereocenters. The van der Waals surface area contributed by atoms with Gasteiger partial charge in [0.2, 0.25) is 0 Å². The lowest BCUT2D eigenvalue weighted by Gasteiger charge is -2.10. The van der Waals surface area contributed by atoms with Gasteiger partial charge < -0.3 is 14.9 Å². The van der Waals surface area contributed by atoms with E-state index in [1.54, 1.807) is 6.92 Å². The maximum Gasteiger partial charge on any atom is 0.119 e. The lowest BCUT2D eigenvalue weighted by molar-refractivity contribution is 0.155. The SMILES string of the molecule is CC[C@@H](O)c1ccc(OCCC(C)O)cc1. The van der Waals surface area contributed by atoms with Crippen LogP contribution in [0.1, 0.15) is 38.4 Å². The Morgan fingerprint density at radius 2 is 1.81 bits per heavy atom. The first kappa shape index (κ1) is 13.0. The highest BCUT2D eigenvalue weighted by molar-refractivity contribution is 5.28. The number of hydrogen-bond acceptors (Lipinski definition) is 3. The van der Waals surface area contributed by atoms with Crippen LogP contribution in [0.25, 0.3) is 0 Å². The highest BCUT2D eigenvalue weighted by Crippen LogP contribution is 2.19. The molecule has 3 nitrogen and oxygen atoms in total. The van der Waals surface area contributed by atoms with Gasteiger partial charge >= 0.3 is 0 Å². The van der Waals surface area contributed by atoms with E-state index in [2.05, 4.69) is 0 Å². The first-order valence-electron chi connectivity index (χ1n) is 5.72. The summed E-state index contributed by atoms with van der Waals surface area (Å²) in [6.07, 6.45) is 0.606. The molecule has 0 radical (unpaired) electrons. The van der Waals surface area contributed by atoms with Crippen molar-refractivity contribution in [2.45, 2.75) is 38.9 Å². The van der Waals surface area contributed by atoms with Gasteiger partial charge in [0.05, 0.1) is 18.8 Å². The monoisotopic (exact) mass is 224 g/mol. The molecule has 0 saturated carbocycles. The largest absolute Gasteiger partial charge is 0.493 e. The van der Waals surface area contributed by atoms with Gasteiger partial charge in [-0.15, -0.1) is 0 Å². The number of hydrogen-bond donors (Lipinski definition) is 2. The van der Waals surface area contributed by atoms with Crippen LogP contribution >= 0.6 is 0 Å². The van der Waals surface area contributed by atoms with Gasteiger partial charge in [0.15, 0.2) is 0 Å². The van der Waals surface area contributed by atoms with Gasteiger partial charge in [-0.25, -0.2) is 0 Å². The lowest BCUT2D eigenvalue weighted by atomic mass is 10.1. The molecule has 0 amide bonds. The molecule has 0 heterocycles. The number of rotatable bonds is 6. The standard InChI is InChI=1S/C13H20O3/c1-3-13(15)11-4-6-12(7-5-11)16-9-8-10(2)14/h4-7,10,13-15H,3,8-9H2,1-2H3/t10?,13-/m1/s1. The molecule has 90 valence electrons. The average molecular weight is 224 g/mol. The van der Waals surface area contributed by atoms with E-state index in [0.717, 1.165) is 11.3 Å². The summed E-state index contributed by atoms with van der Waals surface area (Å²) in [5.41, 5.74) is 0.908. The predicted octanol–water partition coefficient (Wildman–Crippen LogP) is 2.28. The Hall–Kier alpha value is -1.06. The summed E-state index contributed by atoms with van der Waals surface area (Å²) in [5, 5.41) is 18.7. The Balaban J connectivity index is 2.45. The minimum atomic E-state index is -0.397. The summed E-state index contributed by atoms with van der Waals surface area (Å²) in [6.45, 7) is 4.19. The van der Waals surface area contributed by atoms with E-state index in [9.17, 15) is 5.11 Å². The molecule has 3 heteroatoms. The predicted molar refractivity (Wildman–Crippen MR) is 63.5 cm³/mol. The molecule has 0 aromatic heterocycles. The minimum absolute atomic E-state index is 0.332. The molecule has 0 spiro atoms. The number of aliphatic hydroxyl groups is 2. The highest BCUT2D eigenvalue weighted by atomic mass is 16.5. The number of ether oxygens (including phenoxy) is 1. The summed E-state index contributed by atoms with van der Waals surface area (Å²) < 4.78 is 5.44. The van der Waals surface area contributed by atoms with Gasteiger partial charge in [-0.1, -0.05) is 19.1 Å². The van der Waals surface area contributed by atoms with Gasteiger partial charge in [-0.2, -0.15) is 0 Å². The molecule has 1 rings (SSSR count). The van der Waals surface area contributed by atoms with Gasteiger partial charge in [0.1, 0.15) is 5.75 Å². The van der Waals surface area contributed by atoms with Crippen molar-refractivity contribution in [3.63, 3.8) is 0 Å². The molecule has 2 N–H and O–H groups in total. The molecule has 0 aliphatic heterocycles. The van der Waals surface area contributed by atoms with Crippen LogP contribution < -0.4 is 4.74 Å². The van der Waals surface area contributed by atoms with E-state index in [1.165, 1.54) is 0 Å². The summed E-state index contributed by atoms with van der Waals surface area (Å²) >= 11 is 0. The second-order valence-corrected chi connectivity index (χ2v) is 3.98. The van der Waals surface area contributed by atoms with Gasteiger partial charge in [0.25, 0.3) is 0 Å². The molecular formula is C13H20O3. The molecule has 0 fully saturated rings. The van der Waals surface area contributed by atoms with Crippen LogP contribution in [-0.4, -0.2) is 22.9 Å². The van der Waals surface area contributed by atoms with E-state index in [0.29, 0.717) is 19.4 Å². The minimum Gasteiger partial charge on any atom is -0.493 e. The third kappa shape index (κ3) is 4.21. The van der Waals surface area contributed by atoms with Crippen LogP contribution in [0.2, 0.25) is 0 Å². The summed E-state index contributed by atoms with van der Waals surface area (Å²) in [7, 11) is 0. The van der Waals surface area contributed by atoms with Crippen LogP contribution in [0.3, 0.4) is 0 Å². The lowest BCUT2D eigenvalue weighted by Crippen LogP contribution is -2.07. The van der Waals surface area contributed by atoms with Gasteiger partial charge in [0, 0.05) is 6.42 Å². The zero-order valence-electron chi connectivity index (χ0n) is 9.89. The maximum absolute atomic E-state index is 9.60. The Morgan fingerprint density at radius 3 is 2.31 bits per heavy atom. The fourth-order valence-electron chi connectivity index (χ4n) is 1.37. The van der Waals surface area contributed by atoms with Crippen molar-refractivity contribution in [3.8, 4) is 5.75 Å². The Kier molecular flexibility index (Phi) is 5.29. The van der Waals surface area contributed by atoms with Crippen molar-refractivity contribution in [1.29, 1.82) is 0 Å². The molecule has 16 heavy (non-hydrogen) atoms. The Morgan fingerprint density at radius 1 is 1.19 bits per heavy atom.